The first kappa shape index (κ1) is 17.0. The average molecular weight is 407 g/mol. The summed E-state index contributed by atoms with van der Waals surface area (Å²) in [4.78, 5) is 17.1. The van der Waals surface area contributed by atoms with Gasteiger partial charge in [-0.2, -0.15) is 4.98 Å². The van der Waals surface area contributed by atoms with Gasteiger partial charge in [-0.25, -0.2) is 8.91 Å². The van der Waals surface area contributed by atoms with Gasteiger partial charge >= 0.3 is 0 Å². The van der Waals surface area contributed by atoms with Crippen LogP contribution < -0.4 is 5.32 Å². The second-order valence-corrected chi connectivity index (χ2v) is 7.02. The predicted molar refractivity (Wildman–Crippen MR) is 101 cm³/mol. The zero-order chi connectivity index (χ0) is 18.3. The third-order valence-electron chi connectivity index (χ3n) is 3.60. The van der Waals surface area contributed by atoms with E-state index >= 15 is 0 Å². The fourth-order valence-electron chi connectivity index (χ4n) is 2.42. The molecule has 1 amide bonds. The number of rotatable bonds is 3. The lowest BCUT2D eigenvalue weighted by Crippen LogP contribution is -2.13. The van der Waals surface area contributed by atoms with E-state index in [1.807, 2.05) is 5.38 Å². The summed E-state index contributed by atoms with van der Waals surface area (Å²) < 4.78 is 14.8. The fraction of sp³-hybridized carbons (Fsp3) is 0. The summed E-state index contributed by atoms with van der Waals surface area (Å²) in [5, 5.41) is 9.78. The van der Waals surface area contributed by atoms with Gasteiger partial charge in [-0.3, -0.25) is 10.1 Å². The molecule has 26 heavy (non-hydrogen) atoms. The number of thiazole rings is 1. The number of nitrogens with zero attached hydrogens (tertiary/aromatic N) is 3. The van der Waals surface area contributed by atoms with E-state index in [0.29, 0.717) is 26.3 Å². The molecule has 0 unspecified atom stereocenters. The number of carbonyl (C=O) groups is 1. The Morgan fingerprint density at radius 3 is 2.85 bits per heavy atom. The standard InChI is InChI=1S/C17H9Cl2FN4OS/c18-10-4-5-13(19)12(7-10)14-8-26-17-22-16(23-24(14)17)21-15(25)9-2-1-3-11(20)6-9/h1-8H,(H,21,23,25). The number of fused-ring (bicyclic) bond motifs is 1. The summed E-state index contributed by atoms with van der Waals surface area (Å²) in [5.74, 6) is -0.870. The minimum atomic E-state index is -0.495. The van der Waals surface area contributed by atoms with Crippen LogP contribution >= 0.6 is 34.5 Å². The smallest absolute Gasteiger partial charge is 0.258 e. The highest BCUT2D eigenvalue weighted by atomic mass is 35.5. The van der Waals surface area contributed by atoms with Crippen molar-refractivity contribution in [1.82, 2.24) is 14.6 Å². The number of benzene rings is 2. The predicted octanol–water partition coefficient (Wildman–Crippen LogP) is 5.16. The molecule has 0 aliphatic heterocycles. The normalized spacial score (nSPS) is 11.0. The maximum absolute atomic E-state index is 13.3. The molecule has 0 atom stereocenters. The van der Waals surface area contributed by atoms with Gasteiger partial charge in [0.05, 0.1) is 10.7 Å². The van der Waals surface area contributed by atoms with Crippen LogP contribution in [0, 0.1) is 5.82 Å². The lowest BCUT2D eigenvalue weighted by atomic mass is 10.2. The molecule has 2 heterocycles. The van der Waals surface area contributed by atoms with Crippen LogP contribution in [0.5, 0.6) is 0 Å². The van der Waals surface area contributed by atoms with Gasteiger partial charge < -0.3 is 0 Å². The first-order valence-electron chi connectivity index (χ1n) is 7.38. The molecular formula is C17H9Cl2FN4OS. The largest absolute Gasteiger partial charge is 0.289 e. The van der Waals surface area contributed by atoms with E-state index in [2.05, 4.69) is 15.4 Å². The molecule has 2 aromatic heterocycles. The van der Waals surface area contributed by atoms with Crippen molar-refractivity contribution < 1.29 is 9.18 Å². The molecule has 0 saturated heterocycles. The van der Waals surface area contributed by atoms with Crippen molar-refractivity contribution in [2.24, 2.45) is 0 Å². The summed E-state index contributed by atoms with van der Waals surface area (Å²) in [6.45, 7) is 0. The van der Waals surface area contributed by atoms with E-state index < -0.39 is 11.7 Å². The highest BCUT2D eigenvalue weighted by Gasteiger charge is 2.16. The number of carbonyl (C=O) groups excluding carboxylic acids is 1. The average Bonchev–Trinajstić information content (AvgIpc) is 3.17. The molecule has 0 aliphatic rings. The Kier molecular flexibility index (Phi) is 4.36. The Bertz CT molecular complexity index is 1140. The minimum Gasteiger partial charge on any atom is -0.289 e. The van der Waals surface area contributed by atoms with Crippen LogP contribution in [0.25, 0.3) is 16.2 Å². The quantitative estimate of drug-likeness (QED) is 0.511. The Balaban J connectivity index is 1.68. The van der Waals surface area contributed by atoms with Crippen molar-refractivity contribution in [2.45, 2.75) is 0 Å². The Labute approximate surface area is 161 Å². The summed E-state index contributed by atoms with van der Waals surface area (Å²) in [5.41, 5.74) is 1.59. The molecule has 130 valence electrons. The van der Waals surface area contributed by atoms with Crippen LogP contribution in [0.15, 0.2) is 47.8 Å². The van der Waals surface area contributed by atoms with Crippen molar-refractivity contribution in [3.05, 3.63) is 69.3 Å². The first-order valence-corrected chi connectivity index (χ1v) is 9.01. The molecular weight excluding hydrogens is 398 g/mol. The van der Waals surface area contributed by atoms with Gasteiger partial charge in [0, 0.05) is 21.5 Å². The van der Waals surface area contributed by atoms with E-state index in [1.54, 1.807) is 22.7 Å². The van der Waals surface area contributed by atoms with Gasteiger partial charge in [-0.05, 0) is 36.4 Å². The molecule has 1 N–H and O–H groups in total. The Morgan fingerprint density at radius 2 is 2.04 bits per heavy atom. The van der Waals surface area contributed by atoms with Gasteiger partial charge in [-0.15, -0.1) is 16.4 Å². The van der Waals surface area contributed by atoms with Gasteiger partial charge in [0.15, 0.2) is 0 Å². The highest BCUT2D eigenvalue weighted by molar-refractivity contribution is 7.15. The van der Waals surface area contributed by atoms with Crippen LogP contribution in [-0.2, 0) is 0 Å². The number of anilines is 1. The highest BCUT2D eigenvalue weighted by Crippen LogP contribution is 2.33. The van der Waals surface area contributed by atoms with Crippen LogP contribution in [0.4, 0.5) is 10.3 Å². The monoisotopic (exact) mass is 406 g/mol. The van der Waals surface area contributed by atoms with E-state index in [9.17, 15) is 9.18 Å². The zero-order valence-corrected chi connectivity index (χ0v) is 15.2. The molecule has 0 bridgehead atoms. The Hall–Kier alpha value is -2.48. The summed E-state index contributed by atoms with van der Waals surface area (Å²) in [6, 6.07) is 10.5. The van der Waals surface area contributed by atoms with Crippen molar-refractivity contribution in [3.63, 3.8) is 0 Å². The zero-order valence-electron chi connectivity index (χ0n) is 12.9. The van der Waals surface area contributed by atoms with Gasteiger partial charge in [-0.1, -0.05) is 29.3 Å². The maximum atomic E-state index is 13.3. The maximum Gasteiger partial charge on any atom is 0.258 e. The summed E-state index contributed by atoms with van der Waals surface area (Å²) in [6.07, 6.45) is 0. The third kappa shape index (κ3) is 3.16. The molecule has 2 aromatic carbocycles. The van der Waals surface area contributed by atoms with Crippen molar-refractivity contribution in [1.29, 1.82) is 0 Å². The van der Waals surface area contributed by atoms with Crippen molar-refractivity contribution in [2.75, 3.05) is 5.32 Å². The number of hydrogen-bond acceptors (Lipinski definition) is 4. The second kappa shape index (κ2) is 6.68. The Morgan fingerprint density at radius 1 is 1.19 bits per heavy atom. The summed E-state index contributed by atoms with van der Waals surface area (Å²) >= 11 is 13.7. The number of aromatic nitrogens is 3. The topological polar surface area (TPSA) is 59.3 Å². The van der Waals surface area contributed by atoms with E-state index in [-0.39, 0.29) is 11.5 Å². The molecule has 0 radical (unpaired) electrons. The molecule has 4 rings (SSSR count). The van der Waals surface area contributed by atoms with E-state index in [1.165, 1.54) is 29.5 Å². The fourth-order valence-corrected chi connectivity index (χ4v) is 3.63. The minimum absolute atomic E-state index is 0.116. The van der Waals surface area contributed by atoms with Gasteiger partial charge in [0.25, 0.3) is 11.9 Å². The molecule has 4 aromatic rings. The first-order chi connectivity index (χ1) is 12.5. The molecule has 5 nitrogen and oxygen atoms in total. The number of halogens is 3. The lowest BCUT2D eigenvalue weighted by Gasteiger charge is -2.03. The molecule has 0 saturated carbocycles. The van der Waals surface area contributed by atoms with Gasteiger partial charge in [0.2, 0.25) is 4.96 Å². The molecule has 0 aliphatic carbocycles. The van der Waals surface area contributed by atoms with Crippen LogP contribution in [-0.4, -0.2) is 20.5 Å². The van der Waals surface area contributed by atoms with E-state index in [4.69, 9.17) is 23.2 Å². The number of nitrogens with one attached hydrogen (secondary N) is 1. The van der Waals surface area contributed by atoms with Crippen molar-refractivity contribution >= 4 is 51.4 Å². The van der Waals surface area contributed by atoms with Crippen molar-refractivity contribution in [3.8, 4) is 11.3 Å². The summed E-state index contributed by atoms with van der Waals surface area (Å²) in [7, 11) is 0. The second-order valence-electron chi connectivity index (χ2n) is 5.34. The number of amides is 1. The third-order valence-corrected chi connectivity index (χ3v) is 4.98. The molecule has 9 heteroatoms. The van der Waals surface area contributed by atoms with Crippen LogP contribution in [0.3, 0.4) is 0 Å². The lowest BCUT2D eigenvalue weighted by molar-refractivity contribution is 0.102. The van der Waals surface area contributed by atoms with E-state index in [0.717, 1.165) is 6.07 Å². The van der Waals surface area contributed by atoms with Crippen LogP contribution in [0.2, 0.25) is 10.0 Å². The molecule has 0 fully saturated rings. The molecule has 0 spiro atoms. The van der Waals surface area contributed by atoms with Crippen LogP contribution in [0.1, 0.15) is 10.4 Å². The number of hydrogen-bond donors (Lipinski definition) is 1. The SMILES string of the molecule is O=C(Nc1nc2scc(-c3cc(Cl)ccc3Cl)n2n1)c1cccc(F)c1. The van der Waals surface area contributed by atoms with Gasteiger partial charge in [0.1, 0.15) is 5.82 Å².